The van der Waals surface area contributed by atoms with Gasteiger partial charge >= 0.3 is 0 Å². The van der Waals surface area contributed by atoms with Gasteiger partial charge in [-0.15, -0.1) is 0 Å². The summed E-state index contributed by atoms with van der Waals surface area (Å²) < 4.78 is 0. The number of carbonyl (C=O) groups excluding carboxylic acids is 1. The molecule has 1 saturated carbocycles. The molecule has 0 spiro atoms. The van der Waals surface area contributed by atoms with Crippen molar-refractivity contribution in [2.45, 2.75) is 65.0 Å². The van der Waals surface area contributed by atoms with Crippen LogP contribution >= 0.6 is 0 Å². The minimum atomic E-state index is 0.227. The van der Waals surface area contributed by atoms with Crippen molar-refractivity contribution in [3.05, 3.63) is 0 Å². The van der Waals surface area contributed by atoms with Crippen LogP contribution in [0, 0.1) is 5.41 Å². The standard InChI is InChI=1S/C14H26N2O/c1-11(17)16-9-6-12(7-10-16)15-13-5-4-8-14(13,2)3/h12-13,15H,4-10H2,1-3H3. The van der Waals surface area contributed by atoms with Gasteiger partial charge in [0.25, 0.3) is 0 Å². The number of nitrogens with zero attached hydrogens (tertiary/aromatic N) is 1. The lowest BCUT2D eigenvalue weighted by molar-refractivity contribution is -0.129. The number of piperidine rings is 1. The second-order valence-corrected chi connectivity index (χ2v) is 6.38. The van der Waals surface area contributed by atoms with Crippen molar-refractivity contribution >= 4 is 5.91 Å². The Kier molecular flexibility index (Phi) is 3.76. The highest BCUT2D eigenvalue weighted by Crippen LogP contribution is 2.37. The van der Waals surface area contributed by atoms with Crippen molar-refractivity contribution in [3.63, 3.8) is 0 Å². The molecule has 1 heterocycles. The molecule has 1 aliphatic carbocycles. The van der Waals surface area contributed by atoms with E-state index in [0.717, 1.165) is 25.9 Å². The van der Waals surface area contributed by atoms with Gasteiger partial charge in [0.1, 0.15) is 0 Å². The monoisotopic (exact) mass is 238 g/mol. The van der Waals surface area contributed by atoms with Crippen LogP contribution in [-0.4, -0.2) is 36.0 Å². The highest BCUT2D eigenvalue weighted by Gasteiger charge is 2.36. The zero-order valence-corrected chi connectivity index (χ0v) is 11.5. The number of nitrogens with one attached hydrogen (secondary N) is 1. The Morgan fingerprint density at radius 3 is 2.35 bits per heavy atom. The van der Waals surface area contributed by atoms with E-state index in [9.17, 15) is 4.79 Å². The summed E-state index contributed by atoms with van der Waals surface area (Å²) in [5, 5.41) is 3.83. The summed E-state index contributed by atoms with van der Waals surface area (Å²) >= 11 is 0. The molecule has 17 heavy (non-hydrogen) atoms. The van der Waals surface area contributed by atoms with E-state index in [1.54, 1.807) is 6.92 Å². The van der Waals surface area contributed by atoms with Crippen LogP contribution in [0.3, 0.4) is 0 Å². The second-order valence-electron chi connectivity index (χ2n) is 6.38. The Labute approximate surface area is 105 Å². The first-order chi connectivity index (χ1) is 7.99. The molecule has 1 atom stereocenters. The number of rotatable bonds is 2. The van der Waals surface area contributed by atoms with Gasteiger partial charge in [-0.1, -0.05) is 20.3 Å². The molecule has 2 fully saturated rings. The van der Waals surface area contributed by atoms with Crippen LogP contribution in [-0.2, 0) is 4.79 Å². The fourth-order valence-electron chi connectivity index (χ4n) is 3.28. The highest BCUT2D eigenvalue weighted by molar-refractivity contribution is 5.73. The Bertz CT molecular complexity index is 280. The molecule has 0 aromatic carbocycles. The first-order valence-electron chi connectivity index (χ1n) is 7.00. The van der Waals surface area contributed by atoms with Crippen molar-refractivity contribution < 1.29 is 4.79 Å². The third kappa shape index (κ3) is 3.01. The zero-order chi connectivity index (χ0) is 12.5. The molecule has 2 aliphatic rings. The largest absolute Gasteiger partial charge is 0.343 e. The summed E-state index contributed by atoms with van der Waals surface area (Å²) in [6, 6.07) is 1.30. The Morgan fingerprint density at radius 2 is 1.88 bits per heavy atom. The van der Waals surface area contributed by atoms with Crippen molar-refractivity contribution in [1.29, 1.82) is 0 Å². The molecule has 98 valence electrons. The molecule has 3 nitrogen and oxygen atoms in total. The van der Waals surface area contributed by atoms with Gasteiger partial charge in [0.15, 0.2) is 0 Å². The first kappa shape index (κ1) is 12.9. The predicted molar refractivity (Wildman–Crippen MR) is 69.8 cm³/mol. The summed E-state index contributed by atoms with van der Waals surface area (Å²) in [5.41, 5.74) is 0.456. The quantitative estimate of drug-likeness (QED) is 0.799. The molecule has 0 aromatic heterocycles. The van der Waals surface area contributed by atoms with E-state index in [0.29, 0.717) is 17.5 Å². The third-order valence-corrected chi connectivity index (χ3v) is 4.63. The topological polar surface area (TPSA) is 32.3 Å². The fourth-order valence-corrected chi connectivity index (χ4v) is 3.28. The van der Waals surface area contributed by atoms with Crippen LogP contribution in [0.4, 0.5) is 0 Å². The summed E-state index contributed by atoms with van der Waals surface area (Å²) in [5.74, 6) is 0.227. The molecular formula is C14H26N2O. The summed E-state index contributed by atoms with van der Waals surface area (Å²) in [7, 11) is 0. The van der Waals surface area contributed by atoms with Crippen LogP contribution in [0.1, 0.15) is 52.9 Å². The molecule has 1 amide bonds. The lowest BCUT2D eigenvalue weighted by Crippen LogP contribution is -2.49. The Balaban J connectivity index is 1.80. The van der Waals surface area contributed by atoms with Crippen molar-refractivity contribution in [2.24, 2.45) is 5.41 Å². The van der Waals surface area contributed by atoms with E-state index >= 15 is 0 Å². The van der Waals surface area contributed by atoms with Gasteiger partial charge in [-0.05, 0) is 31.1 Å². The molecule has 1 saturated heterocycles. The SMILES string of the molecule is CC(=O)N1CCC(NC2CCCC2(C)C)CC1. The molecule has 0 bridgehead atoms. The van der Waals surface area contributed by atoms with Gasteiger partial charge in [-0.2, -0.15) is 0 Å². The van der Waals surface area contributed by atoms with Gasteiger partial charge in [0, 0.05) is 32.1 Å². The van der Waals surface area contributed by atoms with Crippen molar-refractivity contribution in [1.82, 2.24) is 10.2 Å². The molecule has 0 aromatic rings. The molecular weight excluding hydrogens is 212 g/mol. The van der Waals surface area contributed by atoms with Crippen molar-refractivity contribution in [2.75, 3.05) is 13.1 Å². The fraction of sp³-hybridized carbons (Fsp3) is 0.929. The van der Waals surface area contributed by atoms with Gasteiger partial charge in [0.05, 0.1) is 0 Å². The molecule has 1 unspecified atom stereocenters. The Morgan fingerprint density at radius 1 is 1.24 bits per heavy atom. The maximum absolute atomic E-state index is 11.3. The molecule has 0 radical (unpaired) electrons. The van der Waals surface area contributed by atoms with E-state index in [1.807, 2.05) is 4.90 Å². The average molecular weight is 238 g/mol. The normalized spacial score (nSPS) is 29.6. The first-order valence-corrected chi connectivity index (χ1v) is 7.00. The number of hydrogen-bond donors (Lipinski definition) is 1. The van der Waals surface area contributed by atoms with Crippen LogP contribution < -0.4 is 5.32 Å². The number of likely N-dealkylation sites (tertiary alicyclic amines) is 1. The van der Waals surface area contributed by atoms with Crippen LogP contribution in [0.2, 0.25) is 0 Å². The number of hydrogen-bond acceptors (Lipinski definition) is 2. The van der Waals surface area contributed by atoms with E-state index in [2.05, 4.69) is 19.2 Å². The molecule has 1 N–H and O–H groups in total. The minimum Gasteiger partial charge on any atom is -0.343 e. The van der Waals surface area contributed by atoms with Crippen LogP contribution in [0.25, 0.3) is 0 Å². The summed E-state index contributed by atoms with van der Waals surface area (Å²) in [6.45, 7) is 8.29. The van der Waals surface area contributed by atoms with E-state index in [4.69, 9.17) is 0 Å². The lowest BCUT2D eigenvalue weighted by Gasteiger charge is -2.37. The van der Waals surface area contributed by atoms with Gasteiger partial charge in [-0.25, -0.2) is 0 Å². The number of carbonyl (C=O) groups is 1. The summed E-state index contributed by atoms with van der Waals surface area (Å²) in [4.78, 5) is 13.2. The third-order valence-electron chi connectivity index (χ3n) is 4.63. The molecule has 1 aliphatic heterocycles. The van der Waals surface area contributed by atoms with E-state index in [1.165, 1.54) is 19.3 Å². The van der Waals surface area contributed by atoms with Crippen molar-refractivity contribution in [3.8, 4) is 0 Å². The predicted octanol–water partition coefficient (Wildman–Crippen LogP) is 2.17. The van der Waals surface area contributed by atoms with Gasteiger partial charge < -0.3 is 10.2 Å². The molecule has 2 rings (SSSR count). The maximum Gasteiger partial charge on any atom is 0.219 e. The molecule has 3 heteroatoms. The maximum atomic E-state index is 11.3. The number of amides is 1. The lowest BCUT2D eigenvalue weighted by atomic mass is 9.86. The zero-order valence-electron chi connectivity index (χ0n) is 11.5. The average Bonchev–Trinajstić information content (AvgIpc) is 2.59. The van der Waals surface area contributed by atoms with E-state index in [-0.39, 0.29) is 5.91 Å². The Hall–Kier alpha value is -0.570. The second kappa shape index (κ2) is 4.97. The summed E-state index contributed by atoms with van der Waals surface area (Å²) in [6.07, 6.45) is 6.26. The minimum absolute atomic E-state index is 0.227. The smallest absolute Gasteiger partial charge is 0.219 e. The van der Waals surface area contributed by atoms with Gasteiger partial charge in [0.2, 0.25) is 5.91 Å². The van der Waals surface area contributed by atoms with E-state index < -0.39 is 0 Å². The van der Waals surface area contributed by atoms with Gasteiger partial charge in [-0.3, -0.25) is 4.79 Å². The highest BCUT2D eigenvalue weighted by atomic mass is 16.2. The van der Waals surface area contributed by atoms with Crippen LogP contribution in [0.15, 0.2) is 0 Å². The van der Waals surface area contributed by atoms with Crippen LogP contribution in [0.5, 0.6) is 0 Å².